The molecule has 2 aromatic heterocycles. The molecule has 0 bridgehead atoms. The van der Waals surface area contributed by atoms with Crippen molar-refractivity contribution in [2.45, 2.75) is 6.92 Å². The van der Waals surface area contributed by atoms with Crippen molar-refractivity contribution in [1.29, 1.82) is 0 Å². The number of imidazole rings is 1. The highest BCUT2D eigenvalue weighted by molar-refractivity contribution is 5.64. The summed E-state index contributed by atoms with van der Waals surface area (Å²) < 4.78 is 7.52. The van der Waals surface area contributed by atoms with Gasteiger partial charge in [-0.2, -0.15) is 0 Å². The van der Waals surface area contributed by atoms with Crippen LogP contribution < -0.4 is 10.5 Å². The largest absolute Gasteiger partial charge is 0.492 e. The lowest BCUT2D eigenvalue weighted by Gasteiger charge is -2.06. The number of rotatable bonds is 4. The van der Waals surface area contributed by atoms with Gasteiger partial charge in [-0.25, -0.2) is 4.98 Å². The molecule has 102 valence electrons. The van der Waals surface area contributed by atoms with Crippen LogP contribution in [0.1, 0.15) is 5.69 Å². The molecule has 0 amide bonds. The number of hydrogen-bond donors (Lipinski definition) is 1. The smallest absolute Gasteiger partial charge is 0.155 e. The quantitative estimate of drug-likeness (QED) is 0.786. The molecule has 0 unspecified atom stereocenters. The number of benzene rings is 1. The van der Waals surface area contributed by atoms with Gasteiger partial charge in [-0.15, -0.1) is 0 Å². The van der Waals surface area contributed by atoms with E-state index >= 15 is 0 Å². The van der Waals surface area contributed by atoms with Gasteiger partial charge in [0.25, 0.3) is 0 Å². The average Bonchev–Trinajstić information content (AvgIpc) is 2.88. The number of aryl methyl sites for hydroxylation is 1. The topological polar surface area (TPSA) is 65.4 Å². The van der Waals surface area contributed by atoms with Crippen molar-refractivity contribution in [2.24, 2.45) is 5.73 Å². The third-order valence-corrected chi connectivity index (χ3v) is 3.06. The first kappa shape index (κ1) is 12.6. The van der Waals surface area contributed by atoms with Crippen LogP contribution in [-0.4, -0.2) is 27.5 Å². The van der Waals surface area contributed by atoms with Gasteiger partial charge in [0, 0.05) is 18.3 Å². The third-order valence-electron chi connectivity index (χ3n) is 3.06. The van der Waals surface area contributed by atoms with Crippen LogP contribution in [-0.2, 0) is 0 Å². The van der Waals surface area contributed by atoms with Crippen molar-refractivity contribution in [1.82, 2.24) is 14.4 Å². The normalized spacial score (nSPS) is 10.9. The Morgan fingerprint density at radius 3 is 2.70 bits per heavy atom. The molecule has 0 fully saturated rings. The van der Waals surface area contributed by atoms with Crippen LogP contribution in [0, 0.1) is 6.92 Å². The monoisotopic (exact) mass is 268 g/mol. The Hall–Kier alpha value is -2.40. The van der Waals surface area contributed by atoms with E-state index in [1.807, 2.05) is 48.0 Å². The third kappa shape index (κ3) is 2.35. The van der Waals surface area contributed by atoms with Gasteiger partial charge in [0.1, 0.15) is 12.4 Å². The van der Waals surface area contributed by atoms with E-state index in [9.17, 15) is 0 Å². The Labute approximate surface area is 117 Å². The summed E-state index contributed by atoms with van der Waals surface area (Å²) in [6.45, 7) is 3.01. The van der Waals surface area contributed by atoms with Crippen LogP contribution in [0.2, 0.25) is 0 Å². The van der Waals surface area contributed by atoms with Crippen LogP contribution in [0.4, 0.5) is 0 Å². The second kappa shape index (κ2) is 5.30. The van der Waals surface area contributed by atoms with Gasteiger partial charge >= 0.3 is 0 Å². The summed E-state index contributed by atoms with van der Waals surface area (Å²) in [4.78, 5) is 8.61. The van der Waals surface area contributed by atoms with E-state index in [0.29, 0.717) is 13.2 Å². The van der Waals surface area contributed by atoms with Crippen LogP contribution in [0.3, 0.4) is 0 Å². The van der Waals surface area contributed by atoms with E-state index in [4.69, 9.17) is 10.5 Å². The van der Waals surface area contributed by atoms with E-state index in [1.165, 1.54) is 0 Å². The molecule has 3 aromatic rings. The Bertz CT molecular complexity index is 718. The van der Waals surface area contributed by atoms with Gasteiger partial charge < -0.3 is 10.5 Å². The summed E-state index contributed by atoms with van der Waals surface area (Å²) in [6.07, 6.45) is 5.61. The minimum Gasteiger partial charge on any atom is -0.492 e. The lowest BCUT2D eigenvalue weighted by Crippen LogP contribution is -2.10. The van der Waals surface area contributed by atoms with Crippen LogP contribution in [0.5, 0.6) is 5.75 Å². The molecule has 0 aliphatic rings. The molecule has 0 saturated heterocycles. The molecule has 5 heteroatoms. The second-order valence-electron chi connectivity index (χ2n) is 4.56. The second-order valence-corrected chi connectivity index (χ2v) is 4.56. The van der Waals surface area contributed by atoms with Gasteiger partial charge in [0.2, 0.25) is 0 Å². The Balaban J connectivity index is 1.96. The van der Waals surface area contributed by atoms with Gasteiger partial charge in [-0.1, -0.05) is 0 Å². The summed E-state index contributed by atoms with van der Waals surface area (Å²) in [7, 11) is 0. The molecule has 0 saturated carbocycles. The number of fused-ring (bicyclic) bond motifs is 1. The maximum Gasteiger partial charge on any atom is 0.155 e. The highest BCUT2D eigenvalue weighted by Crippen LogP contribution is 2.23. The van der Waals surface area contributed by atoms with Crippen LogP contribution in [0.15, 0.2) is 42.9 Å². The van der Waals surface area contributed by atoms with Gasteiger partial charge in [0.05, 0.1) is 23.8 Å². The van der Waals surface area contributed by atoms with Crippen molar-refractivity contribution >= 4 is 5.65 Å². The van der Waals surface area contributed by atoms with Crippen LogP contribution >= 0.6 is 0 Å². The fourth-order valence-electron chi connectivity index (χ4n) is 2.10. The highest BCUT2D eigenvalue weighted by atomic mass is 16.5. The number of nitrogens with zero attached hydrogens (tertiary/aromatic N) is 3. The fourth-order valence-corrected chi connectivity index (χ4v) is 2.10. The van der Waals surface area contributed by atoms with Crippen molar-refractivity contribution in [3.05, 3.63) is 48.5 Å². The predicted molar refractivity (Wildman–Crippen MR) is 77.7 cm³/mol. The molecular formula is C15H16N4O. The molecule has 0 aliphatic heterocycles. The highest BCUT2D eigenvalue weighted by Gasteiger charge is 2.06. The number of hydrogen-bond acceptors (Lipinski definition) is 4. The van der Waals surface area contributed by atoms with Crippen molar-refractivity contribution in [3.8, 4) is 17.0 Å². The summed E-state index contributed by atoms with van der Waals surface area (Å²) in [5, 5.41) is 0. The molecule has 2 N–H and O–H groups in total. The number of aromatic nitrogens is 3. The predicted octanol–water partition coefficient (Wildman–Crippen LogP) is 2.04. The van der Waals surface area contributed by atoms with Crippen molar-refractivity contribution in [2.75, 3.05) is 13.2 Å². The first-order valence-corrected chi connectivity index (χ1v) is 6.51. The standard InChI is InChI=1S/C15H16N4O/c1-11-10-19-14(8-18-15(19)9-17-11)12-2-4-13(5-3-12)20-7-6-16/h2-5,8-10H,6-7,16H2,1H3. The summed E-state index contributed by atoms with van der Waals surface area (Å²) in [5.41, 5.74) is 9.34. The number of nitrogens with two attached hydrogens (primary N) is 1. The molecule has 1 aromatic carbocycles. The minimum absolute atomic E-state index is 0.515. The molecular weight excluding hydrogens is 252 g/mol. The molecule has 0 radical (unpaired) electrons. The van der Waals surface area contributed by atoms with Gasteiger partial charge in [-0.3, -0.25) is 9.38 Å². The molecule has 0 spiro atoms. The van der Waals surface area contributed by atoms with Crippen molar-refractivity contribution in [3.63, 3.8) is 0 Å². The zero-order valence-electron chi connectivity index (χ0n) is 11.3. The van der Waals surface area contributed by atoms with Crippen molar-refractivity contribution < 1.29 is 4.74 Å². The molecule has 20 heavy (non-hydrogen) atoms. The Kier molecular flexibility index (Phi) is 3.35. The van der Waals surface area contributed by atoms with E-state index in [-0.39, 0.29) is 0 Å². The lowest BCUT2D eigenvalue weighted by molar-refractivity contribution is 0.328. The molecule has 0 aliphatic carbocycles. The zero-order valence-corrected chi connectivity index (χ0v) is 11.3. The summed E-state index contributed by atoms with van der Waals surface area (Å²) in [6, 6.07) is 7.92. The van der Waals surface area contributed by atoms with Crippen LogP contribution in [0.25, 0.3) is 16.9 Å². The Morgan fingerprint density at radius 1 is 1.15 bits per heavy atom. The minimum atomic E-state index is 0.515. The maximum absolute atomic E-state index is 5.48. The van der Waals surface area contributed by atoms with Gasteiger partial charge in [0.15, 0.2) is 5.65 Å². The number of ether oxygens (including phenoxy) is 1. The van der Waals surface area contributed by atoms with E-state index in [1.54, 1.807) is 6.20 Å². The van der Waals surface area contributed by atoms with E-state index in [2.05, 4.69) is 9.97 Å². The SMILES string of the molecule is Cc1cn2c(-c3ccc(OCCN)cc3)cnc2cn1. The van der Waals surface area contributed by atoms with E-state index in [0.717, 1.165) is 28.3 Å². The molecule has 0 atom stereocenters. The van der Waals surface area contributed by atoms with E-state index < -0.39 is 0 Å². The molecule has 2 heterocycles. The van der Waals surface area contributed by atoms with Gasteiger partial charge in [-0.05, 0) is 31.2 Å². The molecule has 3 rings (SSSR count). The first-order valence-electron chi connectivity index (χ1n) is 6.51. The fraction of sp³-hybridized carbons (Fsp3) is 0.200. The zero-order chi connectivity index (χ0) is 13.9. The first-order chi connectivity index (χ1) is 9.78. The summed E-state index contributed by atoms with van der Waals surface area (Å²) >= 11 is 0. The Morgan fingerprint density at radius 2 is 1.95 bits per heavy atom. The molecule has 5 nitrogen and oxygen atoms in total. The lowest BCUT2D eigenvalue weighted by atomic mass is 10.1. The summed E-state index contributed by atoms with van der Waals surface area (Å²) in [5.74, 6) is 0.825. The maximum atomic E-state index is 5.48. The average molecular weight is 268 g/mol.